The molecule has 0 radical (unpaired) electrons. The molecule has 4 nitrogen and oxygen atoms in total. The van der Waals surface area contributed by atoms with Gasteiger partial charge >= 0.3 is 0 Å². The maximum atomic E-state index is 12.3. The smallest absolute Gasteiger partial charge is 0.255 e. The number of carbonyl (C=O) groups is 2. The zero-order valence-electron chi connectivity index (χ0n) is 18.5. The number of anilines is 2. The van der Waals surface area contributed by atoms with Crippen molar-refractivity contribution in [2.45, 2.75) is 78.1 Å². The highest BCUT2D eigenvalue weighted by Gasteiger charge is 2.06. The zero-order valence-corrected chi connectivity index (χ0v) is 18.5. The molecular weight excluding hydrogens is 372 g/mol. The van der Waals surface area contributed by atoms with Gasteiger partial charge in [-0.2, -0.15) is 0 Å². The first-order valence-corrected chi connectivity index (χ1v) is 11.4. The van der Waals surface area contributed by atoms with Crippen LogP contribution in [-0.4, -0.2) is 11.8 Å². The minimum Gasteiger partial charge on any atom is -0.326 e. The molecule has 2 aromatic rings. The monoisotopic (exact) mass is 408 g/mol. The molecule has 30 heavy (non-hydrogen) atoms. The molecule has 0 saturated heterocycles. The molecule has 2 aromatic carbocycles. The Bertz CT molecular complexity index is 767. The van der Waals surface area contributed by atoms with Gasteiger partial charge in [-0.1, -0.05) is 76.0 Å². The van der Waals surface area contributed by atoms with E-state index in [1.807, 2.05) is 43.3 Å². The number of nitrogens with one attached hydrogen (secondary N) is 2. The lowest BCUT2D eigenvalue weighted by Gasteiger charge is -2.08. The van der Waals surface area contributed by atoms with Crippen LogP contribution in [0.15, 0.2) is 48.5 Å². The summed E-state index contributed by atoms with van der Waals surface area (Å²) in [7, 11) is 0. The van der Waals surface area contributed by atoms with E-state index in [1.54, 1.807) is 12.1 Å². The third-order valence-electron chi connectivity index (χ3n) is 5.25. The Labute approximate surface area is 181 Å². The van der Waals surface area contributed by atoms with E-state index >= 15 is 0 Å². The second-order valence-corrected chi connectivity index (χ2v) is 8.02. The average molecular weight is 409 g/mol. The average Bonchev–Trinajstić information content (AvgIpc) is 2.74. The quantitative estimate of drug-likeness (QED) is 0.347. The van der Waals surface area contributed by atoms with E-state index in [0.29, 0.717) is 17.7 Å². The van der Waals surface area contributed by atoms with Crippen molar-refractivity contribution in [2.24, 2.45) is 0 Å². The molecule has 0 unspecified atom stereocenters. The molecule has 0 aliphatic carbocycles. The third-order valence-corrected chi connectivity index (χ3v) is 5.25. The van der Waals surface area contributed by atoms with Crippen molar-refractivity contribution in [2.75, 3.05) is 10.6 Å². The van der Waals surface area contributed by atoms with Crippen LogP contribution in [0, 0.1) is 6.92 Å². The second kappa shape index (κ2) is 13.6. The highest BCUT2D eigenvalue weighted by molar-refractivity contribution is 6.04. The van der Waals surface area contributed by atoms with E-state index in [-0.39, 0.29) is 11.8 Å². The minimum absolute atomic E-state index is 0.0504. The number of hydrogen-bond donors (Lipinski definition) is 2. The fourth-order valence-corrected chi connectivity index (χ4v) is 3.36. The summed E-state index contributed by atoms with van der Waals surface area (Å²) in [5.41, 5.74) is 3.20. The summed E-state index contributed by atoms with van der Waals surface area (Å²) >= 11 is 0. The fraction of sp³-hybridized carbons (Fsp3) is 0.462. The van der Waals surface area contributed by atoms with Crippen molar-refractivity contribution in [1.82, 2.24) is 0 Å². The summed E-state index contributed by atoms with van der Waals surface area (Å²) in [5.74, 6) is -0.0912. The van der Waals surface area contributed by atoms with E-state index in [0.717, 1.165) is 24.1 Å². The van der Waals surface area contributed by atoms with Crippen LogP contribution in [0.2, 0.25) is 0 Å². The topological polar surface area (TPSA) is 58.2 Å². The Morgan fingerprint density at radius 3 is 1.73 bits per heavy atom. The summed E-state index contributed by atoms with van der Waals surface area (Å²) in [5, 5.41) is 5.81. The van der Waals surface area contributed by atoms with Crippen LogP contribution in [0.3, 0.4) is 0 Å². The number of hydrogen-bond acceptors (Lipinski definition) is 2. The number of rotatable bonds is 13. The minimum atomic E-state index is -0.142. The van der Waals surface area contributed by atoms with Crippen molar-refractivity contribution in [1.29, 1.82) is 0 Å². The molecule has 0 aliphatic rings. The highest BCUT2D eigenvalue weighted by atomic mass is 16.2. The second-order valence-electron chi connectivity index (χ2n) is 8.02. The van der Waals surface area contributed by atoms with E-state index in [4.69, 9.17) is 0 Å². The van der Waals surface area contributed by atoms with Gasteiger partial charge in [0.2, 0.25) is 5.91 Å². The molecule has 0 saturated carbocycles. The molecule has 0 spiro atoms. The first kappa shape index (κ1) is 23.7. The van der Waals surface area contributed by atoms with Gasteiger partial charge in [-0.3, -0.25) is 9.59 Å². The fourth-order valence-electron chi connectivity index (χ4n) is 3.36. The molecule has 0 aliphatic heterocycles. The first-order valence-electron chi connectivity index (χ1n) is 11.4. The maximum Gasteiger partial charge on any atom is 0.255 e. The van der Waals surface area contributed by atoms with Gasteiger partial charge in [-0.25, -0.2) is 0 Å². The van der Waals surface area contributed by atoms with Crippen molar-refractivity contribution < 1.29 is 9.59 Å². The Hall–Kier alpha value is -2.62. The molecule has 2 amide bonds. The molecule has 0 atom stereocenters. The van der Waals surface area contributed by atoms with Gasteiger partial charge in [-0.05, 0) is 49.7 Å². The number of aryl methyl sites for hydroxylation is 1. The summed E-state index contributed by atoms with van der Waals surface area (Å²) in [4.78, 5) is 24.4. The van der Waals surface area contributed by atoms with Crippen LogP contribution in [0.25, 0.3) is 0 Å². The standard InChI is InChI=1S/C26H36N2O2/c1-3-4-5-6-7-8-9-10-11-12-25(29)27-23-17-19-24(20-18-23)28-26(30)22-15-13-21(2)14-16-22/h13-20H,3-12H2,1-2H3,(H,27,29)(H,28,30). The van der Waals surface area contributed by atoms with Gasteiger partial charge in [0.15, 0.2) is 0 Å². The molecule has 0 heterocycles. The third kappa shape index (κ3) is 9.25. The van der Waals surface area contributed by atoms with Crippen LogP contribution >= 0.6 is 0 Å². The van der Waals surface area contributed by atoms with Crippen LogP contribution in [0.4, 0.5) is 11.4 Å². The molecule has 0 aromatic heterocycles. The number of benzene rings is 2. The Kier molecular flexibility index (Phi) is 10.7. The lowest BCUT2D eigenvalue weighted by molar-refractivity contribution is -0.116. The Morgan fingerprint density at radius 1 is 0.667 bits per heavy atom. The molecule has 162 valence electrons. The first-order chi connectivity index (χ1) is 14.6. The van der Waals surface area contributed by atoms with Crippen molar-refractivity contribution in [3.63, 3.8) is 0 Å². The number of unbranched alkanes of at least 4 members (excludes halogenated alkanes) is 8. The molecular formula is C26H36N2O2. The van der Waals surface area contributed by atoms with Gasteiger partial charge in [0.1, 0.15) is 0 Å². The Balaban J connectivity index is 1.63. The maximum absolute atomic E-state index is 12.3. The SMILES string of the molecule is CCCCCCCCCCCC(=O)Nc1ccc(NC(=O)c2ccc(C)cc2)cc1. The molecule has 0 fully saturated rings. The zero-order chi connectivity index (χ0) is 21.6. The number of carbonyl (C=O) groups excluding carboxylic acids is 2. The molecule has 2 rings (SSSR count). The van der Waals surface area contributed by atoms with Gasteiger partial charge in [0.25, 0.3) is 5.91 Å². The van der Waals surface area contributed by atoms with Gasteiger partial charge < -0.3 is 10.6 Å². The van der Waals surface area contributed by atoms with Gasteiger partial charge in [0.05, 0.1) is 0 Å². The van der Waals surface area contributed by atoms with Crippen molar-refractivity contribution in [3.8, 4) is 0 Å². The summed E-state index contributed by atoms with van der Waals surface area (Å²) in [6.07, 6.45) is 11.8. The summed E-state index contributed by atoms with van der Waals surface area (Å²) in [6.45, 7) is 4.23. The highest BCUT2D eigenvalue weighted by Crippen LogP contribution is 2.16. The van der Waals surface area contributed by atoms with Crippen LogP contribution in [0.5, 0.6) is 0 Å². The Morgan fingerprint density at radius 2 is 1.17 bits per heavy atom. The van der Waals surface area contributed by atoms with Crippen molar-refractivity contribution >= 4 is 23.2 Å². The summed E-state index contributed by atoms with van der Waals surface area (Å²) in [6, 6.07) is 14.7. The van der Waals surface area contributed by atoms with E-state index in [1.165, 1.54) is 44.9 Å². The number of amides is 2. The van der Waals surface area contributed by atoms with Gasteiger partial charge in [-0.15, -0.1) is 0 Å². The van der Waals surface area contributed by atoms with Crippen LogP contribution < -0.4 is 10.6 Å². The molecule has 0 bridgehead atoms. The van der Waals surface area contributed by atoms with Crippen LogP contribution in [0.1, 0.15) is 87.1 Å². The van der Waals surface area contributed by atoms with E-state index in [9.17, 15) is 9.59 Å². The lowest BCUT2D eigenvalue weighted by atomic mass is 10.1. The predicted molar refractivity (Wildman–Crippen MR) is 126 cm³/mol. The normalized spacial score (nSPS) is 10.6. The molecule has 2 N–H and O–H groups in total. The largest absolute Gasteiger partial charge is 0.326 e. The summed E-state index contributed by atoms with van der Waals surface area (Å²) < 4.78 is 0. The van der Waals surface area contributed by atoms with E-state index < -0.39 is 0 Å². The van der Waals surface area contributed by atoms with Crippen molar-refractivity contribution in [3.05, 3.63) is 59.7 Å². The predicted octanol–water partition coefficient (Wildman–Crippen LogP) is 7.11. The van der Waals surface area contributed by atoms with Crippen LogP contribution in [-0.2, 0) is 4.79 Å². The lowest BCUT2D eigenvalue weighted by Crippen LogP contribution is -2.13. The van der Waals surface area contributed by atoms with E-state index in [2.05, 4.69) is 17.6 Å². The molecule has 4 heteroatoms. The van der Waals surface area contributed by atoms with Gasteiger partial charge in [0, 0.05) is 23.4 Å².